The lowest BCUT2D eigenvalue weighted by Gasteiger charge is -2.33. The van der Waals surface area contributed by atoms with Gasteiger partial charge in [-0.25, -0.2) is 4.98 Å². The van der Waals surface area contributed by atoms with Gasteiger partial charge in [-0.05, 0) is 44.1 Å². The molecule has 0 aromatic carbocycles. The van der Waals surface area contributed by atoms with Crippen molar-refractivity contribution in [2.24, 2.45) is 11.8 Å². The fraction of sp³-hybridized carbons (Fsp3) is 0.643. The van der Waals surface area contributed by atoms with Crippen molar-refractivity contribution in [2.75, 3.05) is 5.32 Å². The predicted molar refractivity (Wildman–Crippen MR) is 75.2 cm³/mol. The monoisotopic (exact) mass is 263 g/mol. The quantitative estimate of drug-likeness (QED) is 0.669. The maximum absolute atomic E-state index is 11.0. The molecule has 0 radical (unpaired) electrons. The summed E-state index contributed by atoms with van der Waals surface area (Å²) in [6, 6.07) is 3.49. The molecule has 3 atom stereocenters. The van der Waals surface area contributed by atoms with Crippen LogP contribution in [0.4, 0.5) is 11.5 Å². The number of nitrogens with zero attached hydrogens (tertiary/aromatic N) is 2. The summed E-state index contributed by atoms with van der Waals surface area (Å²) in [6.07, 6.45) is 3.38. The zero-order valence-corrected chi connectivity index (χ0v) is 11.7. The molecule has 1 aromatic rings. The highest BCUT2D eigenvalue weighted by Crippen LogP contribution is 2.32. The lowest BCUT2D eigenvalue weighted by Crippen LogP contribution is -2.33. The highest BCUT2D eigenvalue weighted by Gasteiger charge is 2.27. The van der Waals surface area contributed by atoms with E-state index in [1.165, 1.54) is 12.5 Å². The summed E-state index contributed by atoms with van der Waals surface area (Å²) >= 11 is 0. The molecule has 0 aliphatic heterocycles. The van der Waals surface area contributed by atoms with Crippen LogP contribution in [0.1, 0.15) is 38.8 Å². The van der Waals surface area contributed by atoms with Crippen LogP contribution >= 0.6 is 0 Å². The summed E-state index contributed by atoms with van der Waals surface area (Å²) in [6.45, 7) is 6.32. The van der Waals surface area contributed by atoms with E-state index in [0.717, 1.165) is 24.5 Å². The molecule has 104 valence electrons. The van der Waals surface area contributed by atoms with Crippen molar-refractivity contribution in [3.63, 3.8) is 0 Å². The smallest absolute Gasteiger partial charge is 0.311 e. The minimum absolute atomic E-state index is 0.0661. The molecule has 19 heavy (non-hydrogen) atoms. The Hall–Kier alpha value is -1.65. The van der Waals surface area contributed by atoms with E-state index in [9.17, 15) is 10.1 Å². The summed E-state index contributed by atoms with van der Waals surface area (Å²) in [5.41, 5.74) is 0.862. The van der Waals surface area contributed by atoms with Gasteiger partial charge in [0.2, 0.25) is 5.82 Å². The lowest BCUT2D eigenvalue weighted by atomic mass is 9.80. The first kappa shape index (κ1) is 13.8. The Labute approximate surface area is 113 Å². The topological polar surface area (TPSA) is 68.1 Å². The number of rotatable bonds is 3. The van der Waals surface area contributed by atoms with Crippen LogP contribution in [-0.2, 0) is 0 Å². The Morgan fingerprint density at radius 2 is 2.11 bits per heavy atom. The van der Waals surface area contributed by atoms with Crippen LogP contribution in [0.2, 0.25) is 0 Å². The molecule has 1 aliphatic carbocycles. The van der Waals surface area contributed by atoms with E-state index in [1.54, 1.807) is 6.07 Å². The minimum atomic E-state index is -0.370. The van der Waals surface area contributed by atoms with Crippen molar-refractivity contribution in [1.82, 2.24) is 4.98 Å². The summed E-state index contributed by atoms with van der Waals surface area (Å²) in [7, 11) is 0. The van der Waals surface area contributed by atoms with E-state index in [4.69, 9.17) is 0 Å². The van der Waals surface area contributed by atoms with E-state index >= 15 is 0 Å². The van der Waals surface area contributed by atoms with Crippen LogP contribution in [0, 0.1) is 28.9 Å². The van der Waals surface area contributed by atoms with E-state index in [1.807, 2.05) is 6.92 Å². The van der Waals surface area contributed by atoms with Crippen molar-refractivity contribution in [3.05, 3.63) is 27.9 Å². The van der Waals surface area contributed by atoms with E-state index in [0.29, 0.717) is 11.7 Å². The summed E-state index contributed by atoms with van der Waals surface area (Å²) < 4.78 is 0. The number of nitrogens with one attached hydrogen (secondary N) is 1. The Bertz CT molecular complexity index is 476. The molecule has 0 amide bonds. The number of aromatic nitrogens is 1. The molecule has 1 saturated carbocycles. The van der Waals surface area contributed by atoms with Gasteiger partial charge in [0, 0.05) is 17.8 Å². The third-order valence-corrected chi connectivity index (χ3v) is 3.96. The molecule has 1 aromatic heterocycles. The molecule has 0 spiro atoms. The summed E-state index contributed by atoms with van der Waals surface area (Å²) in [4.78, 5) is 15.0. The largest absolute Gasteiger partial charge is 0.361 e. The molecule has 1 aliphatic rings. The molecule has 1 N–H and O–H groups in total. The number of anilines is 1. The molecule has 5 nitrogen and oxygen atoms in total. The van der Waals surface area contributed by atoms with Crippen LogP contribution in [0.25, 0.3) is 0 Å². The van der Waals surface area contributed by atoms with Gasteiger partial charge in [-0.15, -0.1) is 0 Å². The van der Waals surface area contributed by atoms with Crippen LogP contribution < -0.4 is 5.32 Å². The Morgan fingerprint density at radius 3 is 2.74 bits per heavy atom. The zero-order valence-electron chi connectivity index (χ0n) is 11.7. The van der Waals surface area contributed by atoms with E-state index in [-0.39, 0.29) is 16.7 Å². The van der Waals surface area contributed by atoms with Crippen molar-refractivity contribution < 1.29 is 4.92 Å². The molecule has 1 heterocycles. The molecular weight excluding hydrogens is 242 g/mol. The van der Waals surface area contributed by atoms with Gasteiger partial charge in [0.1, 0.15) is 0 Å². The molecule has 0 bridgehead atoms. The number of nitro groups is 1. The van der Waals surface area contributed by atoms with Crippen LogP contribution in [0.15, 0.2) is 12.1 Å². The molecule has 0 saturated heterocycles. The fourth-order valence-electron chi connectivity index (χ4n) is 2.86. The Balaban J connectivity index is 2.18. The SMILES string of the molecule is Cc1ccc([N+](=O)[O-])c(NC2CCC(C)CC2C)n1. The molecular formula is C14H21N3O2. The van der Waals surface area contributed by atoms with Gasteiger partial charge in [0.15, 0.2) is 0 Å². The van der Waals surface area contributed by atoms with Crippen molar-refractivity contribution in [2.45, 2.75) is 46.1 Å². The summed E-state index contributed by atoms with van der Waals surface area (Å²) in [5.74, 6) is 1.68. The molecule has 2 rings (SSSR count). The normalized spacial score (nSPS) is 27.0. The third-order valence-electron chi connectivity index (χ3n) is 3.96. The van der Waals surface area contributed by atoms with Gasteiger partial charge in [-0.1, -0.05) is 13.8 Å². The number of hydrogen-bond donors (Lipinski definition) is 1. The Kier molecular flexibility index (Phi) is 4.02. The number of pyridine rings is 1. The molecule has 5 heteroatoms. The van der Waals surface area contributed by atoms with Crippen molar-refractivity contribution in [1.29, 1.82) is 0 Å². The maximum Gasteiger partial charge on any atom is 0.311 e. The zero-order chi connectivity index (χ0) is 14.0. The van der Waals surface area contributed by atoms with Crippen molar-refractivity contribution in [3.8, 4) is 0 Å². The first-order valence-electron chi connectivity index (χ1n) is 6.86. The van der Waals surface area contributed by atoms with Crippen LogP contribution in [-0.4, -0.2) is 15.9 Å². The van der Waals surface area contributed by atoms with Crippen LogP contribution in [0.3, 0.4) is 0 Å². The highest BCUT2D eigenvalue weighted by molar-refractivity contribution is 5.56. The minimum Gasteiger partial charge on any atom is -0.361 e. The van der Waals surface area contributed by atoms with Gasteiger partial charge in [0.25, 0.3) is 0 Å². The summed E-state index contributed by atoms with van der Waals surface area (Å²) in [5, 5.41) is 14.3. The molecule has 3 unspecified atom stereocenters. The lowest BCUT2D eigenvalue weighted by molar-refractivity contribution is -0.384. The van der Waals surface area contributed by atoms with Gasteiger partial charge in [0.05, 0.1) is 4.92 Å². The molecule has 1 fully saturated rings. The van der Waals surface area contributed by atoms with Gasteiger partial charge < -0.3 is 5.32 Å². The van der Waals surface area contributed by atoms with E-state index in [2.05, 4.69) is 24.1 Å². The van der Waals surface area contributed by atoms with Crippen LogP contribution in [0.5, 0.6) is 0 Å². The predicted octanol–water partition coefficient (Wildman–Crippen LogP) is 3.53. The van der Waals surface area contributed by atoms with Gasteiger partial charge in [-0.2, -0.15) is 0 Å². The van der Waals surface area contributed by atoms with Crippen molar-refractivity contribution >= 4 is 11.5 Å². The second-order valence-electron chi connectivity index (χ2n) is 5.72. The fourth-order valence-corrected chi connectivity index (χ4v) is 2.86. The number of hydrogen-bond acceptors (Lipinski definition) is 4. The number of aryl methyl sites for hydroxylation is 1. The standard InChI is InChI=1S/C14H21N3O2/c1-9-4-6-12(10(2)8-9)16-14-13(17(18)19)7-5-11(3)15-14/h5,7,9-10,12H,4,6,8H2,1-3H3,(H,15,16). The second-order valence-corrected chi connectivity index (χ2v) is 5.72. The maximum atomic E-state index is 11.0. The second kappa shape index (κ2) is 5.55. The van der Waals surface area contributed by atoms with E-state index < -0.39 is 0 Å². The Morgan fingerprint density at radius 1 is 1.37 bits per heavy atom. The highest BCUT2D eigenvalue weighted by atomic mass is 16.6. The average molecular weight is 263 g/mol. The van der Waals surface area contributed by atoms with Gasteiger partial charge in [-0.3, -0.25) is 10.1 Å². The third kappa shape index (κ3) is 3.22. The first-order chi connectivity index (χ1) is 8.97. The van der Waals surface area contributed by atoms with Gasteiger partial charge >= 0.3 is 5.69 Å². The first-order valence-corrected chi connectivity index (χ1v) is 6.86. The average Bonchev–Trinajstić information content (AvgIpc) is 2.32.